The van der Waals surface area contributed by atoms with E-state index < -0.39 is 5.97 Å². The molecule has 0 spiro atoms. The van der Waals surface area contributed by atoms with Crippen LogP contribution in [0.5, 0.6) is 0 Å². The monoisotopic (exact) mass is 217 g/mol. The molecule has 0 saturated heterocycles. The largest absolute Gasteiger partial charge is 0.478 e. The lowest BCUT2D eigenvalue weighted by Gasteiger charge is -2.09. The predicted octanol–water partition coefficient (Wildman–Crippen LogP) is 1.30. The zero-order valence-corrected chi connectivity index (χ0v) is 8.80. The van der Waals surface area contributed by atoms with Crippen LogP contribution in [0.4, 0.5) is 5.69 Å². The van der Waals surface area contributed by atoms with Gasteiger partial charge in [0.1, 0.15) is 0 Å². The highest BCUT2D eigenvalue weighted by Crippen LogP contribution is 2.28. The maximum Gasteiger partial charge on any atom is 0.328 e. The van der Waals surface area contributed by atoms with Gasteiger partial charge in [0.2, 0.25) is 5.91 Å². The molecule has 0 radical (unpaired) electrons. The standard InChI is InChI=1S/C12H11NO3/c1-13-10-4-2-8(3-5-12(15)16)6-9(10)7-11(13)14/h2-6H,7H2,1H3,(H,15,16)/b5-3+. The lowest BCUT2D eigenvalue weighted by atomic mass is 10.1. The van der Waals surface area contributed by atoms with E-state index in [1.54, 1.807) is 18.0 Å². The third-order valence-corrected chi connectivity index (χ3v) is 2.60. The molecule has 1 aliphatic rings. The van der Waals surface area contributed by atoms with Crippen molar-refractivity contribution in [3.8, 4) is 0 Å². The number of aliphatic carboxylic acids is 1. The van der Waals surface area contributed by atoms with Gasteiger partial charge in [0.05, 0.1) is 6.42 Å². The Kier molecular flexibility index (Phi) is 2.48. The van der Waals surface area contributed by atoms with E-state index in [1.807, 2.05) is 12.1 Å². The Bertz CT molecular complexity index is 491. The summed E-state index contributed by atoms with van der Waals surface area (Å²) in [5.41, 5.74) is 2.64. The van der Waals surface area contributed by atoms with E-state index in [0.717, 1.165) is 22.9 Å². The molecule has 0 aliphatic carbocycles. The van der Waals surface area contributed by atoms with Crippen molar-refractivity contribution < 1.29 is 14.7 Å². The van der Waals surface area contributed by atoms with Crippen molar-refractivity contribution in [1.82, 2.24) is 0 Å². The van der Waals surface area contributed by atoms with E-state index in [4.69, 9.17) is 5.11 Å². The molecule has 1 aromatic rings. The minimum absolute atomic E-state index is 0.0642. The van der Waals surface area contributed by atoms with Crippen molar-refractivity contribution in [2.45, 2.75) is 6.42 Å². The summed E-state index contributed by atoms with van der Waals surface area (Å²) in [7, 11) is 1.74. The molecule has 0 atom stereocenters. The molecule has 2 rings (SSSR count). The fraction of sp³-hybridized carbons (Fsp3) is 0.167. The van der Waals surface area contributed by atoms with Crippen LogP contribution in [0.15, 0.2) is 24.3 Å². The molecule has 1 aromatic carbocycles. The number of amides is 1. The molecule has 16 heavy (non-hydrogen) atoms. The van der Waals surface area contributed by atoms with Crippen molar-refractivity contribution in [3.63, 3.8) is 0 Å². The van der Waals surface area contributed by atoms with E-state index in [2.05, 4.69) is 0 Å². The van der Waals surface area contributed by atoms with E-state index in [1.165, 1.54) is 6.08 Å². The van der Waals surface area contributed by atoms with Gasteiger partial charge in [0.15, 0.2) is 0 Å². The zero-order valence-electron chi connectivity index (χ0n) is 8.80. The number of carbonyl (C=O) groups excluding carboxylic acids is 1. The van der Waals surface area contributed by atoms with Crippen LogP contribution in [0.1, 0.15) is 11.1 Å². The highest BCUT2D eigenvalue weighted by atomic mass is 16.4. The second-order valence-corrected chi connectivity index (χ2v) is 3.69. The van der Waals surface area contributed by atoms with E-state index in [0.29, 0.717) is 6.42 Å². The van der Waals surface area contributed by atoms with Gasteiger partial charge in [0, 0.05) is 18.8 Å². The third kappa shape index (κ3) is 1.82. The maximum absolute atomic E-state index is 11.4. The minimum Gasteiger partial charge on any atom is -0.478 e. The second-order valence-electron chi connectivity index (χ2n) is 3.69. The van der Waals surface area contributed by atoms with E-state index in [-0.39, 0.29) is 5.91 Å². The van der Waals surface area contributed by atoms with Gasteiger partial charge in [-0.3, -0.25) is 4.79 Å². The van der Waals surface area contributed by atoms with Crippen LogP contribution in [-0.4, -0.2) is 24.0 Å². The van der Waals surface area contributed by atoms with Gasteiger partial charge >= 0.3 is 5.97 Å². The van der Waals surface area contributed by atoms with E-state index in [9.17, 15) is 9.59 Å². The Labute approximate surface area is 92.8 Å². The summed E-state index contributed by atoms with van der Waals surface area (Å²) in [6, 6.07) is 5.48. The average molecular weight is 217 g/mol. The van der Waals surface area contributed by atoms with Crippen molar-refractivity contribution >= 4 is 23.6 Å². The van der Waals surface area contributed by atoms with Gasteiger partial charge in [-0.2, -0.15) is 0 Å². The van der Waals surface area contributed by atoms with Crippen LogP contribution < -0.4 is 4.90 Å². The number of nitrogens with zero attached hydrogens (tertiary/aromatic N) is 1. The number of rotatable bonds is 2. The van der Waals surface area contributed by atoms with Crippen molar-refractivity contribution in [1.29, 1.82) is 0 Å². The highest BCUT2D eigenvalue weighted by molar-refractivity contribution is 6.01. The second kappa shape index (κ2) is 3.81. The SMILES string of the molecule is CN1C(=O)Cc2cc(/C=C/C(=O)O)ccc21. The molecule has 4 heteroatoms. The number of hydrogen-bond donors (Lipinski definition) is 1. The summed E-state index contributed by atoms with van der Waals surface area (Å²) >= 11 is 0. The summed E-state index contributed by atoms with van der Waals surface area (Å²) in [6.07, 6.45) is 2.99. The van der Waals surface area contributed by atoms with Crippen molar-refractivity contribution in [3.05, 3.63) is 35.4 Å². The molecule has 0 saturated carbocycles. The molecule has 1 heterocycles. The summed E-state index contributed by atoms with van der Waals surface area (Å²) in [5, 5.41) is 8.50. The van der Waals surface area contributed by atoms with Gasteiger partial charge in [-0.25, -0.2) is 4.79 Å². The van der Waals surface area contributed by atoms with Crippen LogP contribution in [-0.2, 0) is 16.0 Å². The smallest absolute Gasteiger partial charge is 0.328 e. The quantitative estimate of drug-likeness (QED) is 0.760. The van der Waals surface area contributed by atoms with Crippen LogP contribution in [0.25, 0.3) is 6.08 Å². The molecular weight excluding hydrogens is 206 g/mol. The first-order valence-corrected chi connectivity index (χ1v) is 4.88. The van der Waals surface area contributed by atoms with Gasteiger partial charge in [0.25, 0.3) is 0 Å². The average Bonchev–Trinajstić information content (AvgIpc) is 2.52. The number of carboxylic acids is 1. The number of benzene rings is 1. The molecular formula is C12H11NO3. The molecule has 0 unspecified atom stereocenters. The summed E-state index contributed by atoms with van der Waals surface area (Å²) in [5.74, 6) is -0.914. The topological polar surface area (TPSA) is 57.6 Å². The Morgan fingerprint density at radius 3 is 2.94 bits per heavy atom. The molecule has 1 N–H and O–H groups in total. The van der Waals surface area contributed by atoms with E-state index >= 15 is 0 Å². The lowest BCUT2D eigenvalue weighted by Crippen LogP contribution is -2.20. The number of fused-ring (bicyclic) bond motifs is 1. The van der Waals surface area contributed by atoms with Crippen LogP contribution >= 0.6 is 0 Å². The molecule has 1 aliphatic heterocycles. The third-order valence-electron chi connectivity index (χ3n) is 2.60. The first-order valence-electron chi connectivity index (χ1n) is 4.88. The normalized spacial score (nSPS) is 14.6. The summed E-state index contributed by atoms with van der Waals surface area (Å²) in [6.45, 7) is 0. The zero-order chi connectivity index (χ0) is 11.7. The van der Waals surface area contributed by atoms with Crippen LogP contribution in [0.2, 0.25) is 0 Å². The van der Waals surface area contributed by atoms with Crippen molar-refractivity contribution in [2.24, 2.45) is 0 Å². The fourth-order valence-corrected chi connectivity index (χ4v) is 1.76. The Hall–Kier alpha value is -2.10. The molecule has 1 amide bonds. The van der Waals surface area contributed by atoms with Gasteiger partial charge < -0.3 is 10.0 Å². The molecule has 0 bridgehead atoms. The number of likely N-dealkylation sites (N-methyl/N-ethyl adjacent to an activating group) is 1. The van der Waals surface area contributed by atoms with Crippen LogP contribution in [0, 0.1) is 0 Å². The number of carboxylic acid groups (broad SMARTS) is 1. The van der Waals surface area contributed by atoms with Gasteiger partial charge in [-0.1, -0.05) is 6.07 Å². The Balaban J connectivity index is 2.32. The number of anilines is 1. The van der Waals surface area contributed by atoms with Gasteiger partial charge in [-0.05, 0) is 29.3 Å². The molecule has 0 aromatic heterocycles. The molecule has 0 fully saturated rings. The minimum atomic E-state index is -0.978. The maximum atomic E-state index is 11.4. The van der Waals surface area contributed by atoms with Crippen molar-refractivity contribution in [2.75, 3.05) is 11.9 Å². The van der Waals surface area contributed by atoms with Gasteiger partial charge in [-0.15, -0.1) is 0 Å². The predicted molar refractivity (Wildman–Crippen MR) is 60.2 cm³/mol. The highest BCUT2D eigenvalue weighted by Gasteiger charge is 2.23. The fourth-order valence-electron chi connectivity index (χ4n) is 1.76. The first kappa shape index (κ1) is 10.4. The lowest BCUT2D eigenvalue weighted by molar-refractivity contribution is -0.131. The first-order chi connectivity index (χ1) is 7.58. The molecule has 82 valence electrons. The van der Waals surface area contributed by atoms with Crippen LogP contribution in [0.3, 0.4) is 0 Å². The summed E-state index contributed by atoms with van der Waals surface area (Å²) in [4.78, 5) is 23.4. The summed E-state index contributed by atoms with van der Waals surface area (Å²) < 4.78 is 0. The Morgan fingerprint density at radius 1 is 1.50 bits per heavy atom. The number of carbonyl (C=O) groups is 2. The Morgan fingerprint density at radius 2 is 2.25 bits per heavy atom. The molecule has 4 nitrogen and oxygen atoms in total. The number of hydrogen-bond acceptors (Lipinski definition) is 2.